The van der Waals surface area contributed by atoms with Crippen LogP contribution in [-0.2, 0) is 6.54 Å². The SMILES string of the molecule is CN(CCCC(=O)c1ccc(Br)cc1)Cc1ccccc1. The number of hydrogen-bond acceptors (Lipinski definition) is 2. The van der Waals surface area contributed by atoms with E-state index in [1.54, 1.807) is 0 Å². The number of carbonyl (C=O) groups excluding carboxylic acids is 1. The number of rotatable bonds is 7. The Balaban J connectivity index is 1.73. The average Bonchev–Trinajstić information content (AvgIpc) is 2.49. The molecule has 0 fully saturated rings. The number of nitrogens with zero attached hydrogens (tertiary/aromatic N) is 1. The molecule has 0 aliphatic heterocycles. The predicted octanol–water partition coefficient (Wildman–Crippen LogP) is 4.54. The van der Waals surface area contributed by atoms with Crippen molar-refractivity contribution in [2.45, 2.75) is 19.4 Å². The molecule has 0 atom stereocenters. The number of carbonyl (C=O) groups is 1. The molecular weight excluding hydrogens is 326 g/mol. The summed E-state index contributed by atoms with van der Waals surface area (Å²) in [6, 6.07) is 18.0. The topological polar surface area (TPSA) is 20.3 Å². The van der Waals surface area contributed by atoms with Crippen LogP contribution < -0.4 is 0 Å². The molecule has 2 aromatic rings. The quantitative estimate of drug-likeness (QED) is 0.686. The molecule has 2 nitrogen and oxygen atoms in total. The van der Waals surface area contributed by atoms with E-state index in [1.165, 1.54) is 5.56 Å². The fourth-order valence-corrected chi connectivity index (χ4v) is 2.53. The van der Waals surface area contributed by atoms with E-state index in [4.69, 9.17) is 0 Å². The van der Waals surface area contributed by atoms with Crippen molar-refractivity contribution in [3.8, 4) is 0 Å². The third-order valence-electron chi connectivity index (χ3n) is 3.41. The van der Waals surface area contributed by atoms with Crippen molar-refractivity contribution in [1.29, 1.82) is 0 Å². The lowest BCUT2D eigenvalue weighted by molar-refractivity contribution is 0.0976. The van der Waals surface area contributed by atoms with Gasteiger partial charge >= 0.3 is 0 Å². The number of halogens is 1. The van der Waals surface area contributed by atoms with Crippen LogP contribution in [-0.4, -0.2) is 24.3 Å². The summed E-state index contributed by atoms with van der Waals surface area (Å²) in [6.07, 6.45) is 1.49. The maximum Gasteiger partial charge on any atom is 0.162 e. The van der Waals surface area contributed by atoms with Gasteiger partial charge in [0.2, 0.25) is 0 Å². The molecule has 0 N–H and O–H groups in total. The second-order valence-electron chi connectivity index (χ2n) is 5.26. The van der Waals surface area contributed by atoms with Crippen molar-refractivity contribution in [1.82, 2.24) is 4.90 Å². The number of ketones is 1. The first kappa shape index (κ1) is 15.9. The smallest absolute Gasteiger partial charge is 0.162 e. The number of benzene rings is 2. The van der Waals surface area contributed by atoms with Crippen molar-refractivity contribution in [2.24, 2.45) is 0 Å². The summed E-state index contributed by atoms with van der Waals surface area (Å²) in [5.74, 6) is 0.218. The summed E-state index contributed by atoms with van der Waals surface area (Å²) in [4.78, 5) is 14.3. The van der Waals surface area contributed by atoms with Crippen LogP contribution in [0, 0.1) is 0 Å². The minimum Gasteiger partial charge on any atom is -0.302 e. The fourth-order valence-electron chi connectivity index (χ4n) is 2.26. The lowest BCUT2D eigenvalue weighted by Gasteiger charge is -2.16. The molecule has 0 unspecified atom stereocenters. The summed E-state index contributed by atoms with van der Waals surface area (Å²) in [5.41, 5.74) is 2.10. The molecule has 0 aromatic heterocycles. The van der Waals surface area contributed by atoms with Crippen LogP contribution in [0.25, 0.3) is 0 Å². The summed E-state index contributed by atoms with van der Waals surface area (Å²) < 4.78 is 1.00. The summed E-state index contributed by atoms with van der Waals surface area (Å²) in [7, 11) is 2.09. The van der Waals surface area contributed by atoms with E-state index in [0.717, 1.165) is 29.5 Å². The van der Waals surface area contributed by atoms with Crippen LogP contribution >= 0.6 is 15.9 Å². The maximum absolute atomic E-state index is 12.1. The Morgan fingerprint density at radius 3 is 2.38 bits per heavy atom. The monoisotopic (exact) mass is 345 g/mol. The van der Waals surface area contributed by atoms with E-state index in [2.05, 4.69) is 52.1 Å². The van der Waals surface area contributed by atoms with Crippen molar-refractivity contribution in [2.75, 3.05) is 13.6 Å². The largest absolute Gasteiger partial charge is 0.302 e. The molecule has 21 heavy (non-hydrogen) atoms. The molecule has 0 spiro atoms. The van der Waals surface area contributed by atoms with Crippen LogP contribution in [0.4, 0.5) is 0 Å². The molecular formula is C18H20BrNO. The van der Waals surface area contributed by atoms with Gasteiger partial charge in [-0.1, -0.05) is 58.4 Å². The fraction of sp³-hybridized carbons (Fsp3) is 0.278. The third kappa shape index (κ3) is 5.44. The van der Waals surface area contributed by atoms with Crippen LogP contribution in [0.5, 0.6) is 0 Å². The zero-order chi connectivity index (χ0) is 15.1. The van der Waals surface area contributed by atoms with E-state index in [9.17, 15) is 4.79 Å². The van der Waals surface area contributed by atoms with Crippen molar-refractivity contribution in [3.63, 3.8) is 0 Å². The highest BCUT2D eigenvalue weighted by Crippen LogP contribution is 2.13. The predicted molar refractivity (Wildman–Crippen MR) is 90.5 cm³/mol. The van der Waals surface area contributed by atoms with Crippen molar-refractivity contribution < 1.29 is 4.79 Å². The second kappa shape index (κ2) is 8.11. The maximum atomic E-state index is 12.1. The van der Waals surface area contributed by atoms with Crippen molar-refractivity contribution >= 4 is 21.7 Å². The Morgan fingerprint density at radius 2 is 1.71 bits per heavy atom. The van der Waals surface area contributed by atoms with E-state index in [1.807, 2.05) is 30.3 Å². The Morgan fingerprint density at radius 1 is 1.05 bits per heavy atom. The minimum atomic E-state index is 0.218. The lowest BCUT2D eigenvalue weighted by Crippen LogP contribution is -2.19. The van der Waals surface area contributed by atoms with Gasteiger partial charge in [-0.15, -0.1) is 0 Å². The summed E-state index contributed by atoms with van der Waals surface area (Å²) in [6.45, 7) is 1.85. The molecule has 0 radical (unpaired) electrons. The highest BCUT2D eigenvalue weighted by atomic mass is 79.9. The zero-order valence-electron chi connectivity index (χ0n) is 12.3. The number of Topliss-reactive ketones (excluding diaryl/α,β-unsaturated/α-hetero) is 1. The van der Waals surface area contributed by atoms with Crippen LogP contribution in [0.15, 0.2) is 59.1 Å². The first-order valence-corrected chi connectivity index (χ1v) is 7.95. The third-order valence-corrected chi connectivity index (χ3v) is 3.93. The van der Waals surface area contributed by atoms with Crippen LogP contribution in [0.1, 0.15) is 28.8 Å². The molecule has 0 aliphatic rings. The van der Waals surface area contributed by atoms with Gasteiger partial charge in [-0.25, -0.2) is 0 Å². The Kier molecular flexibility index (Phi) is 6.15. The lowest BCUT2D eigenvalue weighted by atomic mass is 10.1. The summed E-state index contributed by atoms with van der Waals surface area (Å²) >= 11 is 3.38. The normalized spacial score (nSPS) is 10.8. The van der Waals surface area contributed by atoms with Gasteiger partial charge in [-0.2, -0.15) is 0 Å². The Bertz CT molecular complexity index is 566. The van der Waals surface area contributed by atoms with Gasteiger partial charge in [0.05, 0.1) is 0 Å². The minimum absolute atomic E-state index is 0.218. The average molecular weight is 346 g/mol. The van der Waals surface area contributed by atoms with Gasteiger partial charge in [-0.05, 0) is 37.7 Å². The summed E-state index contributed by atoms with van der Waals surface area (Å²) in [5, 5.41) is 0. The van der Waals surface area contributed by atoms with E-state index in [-0.39, 0.29) is 5.78 Å². The van der Waals surface area contributed by atoms with Crippen LogP contribution in [0.3, 0.4) is 0 Å². The molecule has 110 valence electrons. The molecule has 0 amide bonds. The van der Waals surface area contributed by atoms with Gasteiger partial charge in [0, 0.05) is 23.0 Å². The molecule has 0 bridgehead atoms. The Hall–Kier alpha value is -1.45. The second-order valence-corrected chi connectivity index (χ2v) is 6.17. The van der Waals surface area contributed by atoms with E-state index in [0.29, 0.717) is 6.42 Å². The van der Waals surface area contributed by atoms with Crippen LogP contribution in [0.2, 0.25) is 0 Å². The molecule has 2 aromatic carbocycles. The first-order chi connectivity index (χ1) is 10.1. The molecule has 0 saturated carbocycles. The highest BCUT2D eigenvalue weighted by molar-refractivity contribution is 9.10. The molecule has 3 heteroatoms. The molecule has 0 saturated heterocycles. The van der Waals surface area contributed by atoms with Gasteiger partial charge in [0.15, 0.2) is 5.78 Å². The molecule has 2 rings (SSSR count). The van der Waals surface area contributed by atoms with Crippen molar-refractivity contribution in [3.05, 3.63) is 70.2 Å². The van der Waals surface area contributed by atoms with Gasteiger partial charge in [0.1, 0.15) is 0 Å². The van der Waals surface area contributed by atoms with Gasteiger partial charge in [-0.3, -0.25) is 4.79 Å². The Labute approximate surface area is 134 Å². The zero-order valence-corrected chi connectivity index (χ0v) is 13.8. The van der Waals surface area contributed by atoms with Gasteiger partial charge < -0.3 is 4.90 Å². The van der Waals surface area contributed by atoms with E-state index >= 15 is 0 Å². The molecule has 0 aliphatic carbocycles. The highest BCUT2D eigenvalue weighted by Gasteiger charge is 2.06. The van der Waals surface area contributed by atoms with E-state index < -0.39 is 0 Å². The standard InChI is InChI=1S/C18H20BrNO/c1-20(14-15-6-3-2-4-7-15)13-5-8-18(21)16-9-11-17(19)12-10-16/h2-4,6-7,9-12H,5,8,13-14H2,1H3. The molecule has 0 heterocycles. The van der Waals surface area contributed by atoms with Gasteiger partial charge in [0.25, 0.3) is 0 Å². The first-order valence-electron chi connectivity index (χ1n) is 7.16. The number of hydrogen-bond donors (Lipinski definition) is 0.